The second kappa shape index (κ2) is 5.82. The van der Waals surface area contributed by atoms with E-state index in [-0.39, 0.29) is 18.3 Å². The van der Waals surface area contributed by atoms with Crippen LogP contribution < -0.4 is 15.4 Å². The number of amides is 1. The van der Waals surface area contributed by atoms with Crippen molar-refractivity contribution < 1.29 is 13.9 Å². The van der Waals surface area contributed by atoms with Crippen LogP contribution in [0.1, 0.15) is 18.4 Å². The summed E-state index contributed by atoms with van der Waals surface area (Å²) < 4.78 is 18.5. The number of benzene rings is 1. The first-order chi connectivity index (χ1) is 8.69. The molecule has 0 saturated heterocycles. The summed E-state index contributed by atoms with van der Waals surface area (Å²) in [5.74, 6) is 0.124. The van der Waals surface area contributed by atoms with Gasteiger partial charge in [0.25, 0.3) is 0 Å². The molecule has 98 valence electrons. The summed E-state index contributed by atoms with van der Waals surface area (Å²) in [7, 11) is 1.49. The largest absolute Gasteiger partial charge is 0.497 e. The number of rotatable bonds is 6. The number of halogens is 1. The Morgan fingerprint density at radius 1 is 1.50 bits per heavy atom. The molecule has 1 aliphatic rings. The van der Waals surface area contributed by atoms with E-state index in [1.54, 1.807) is 12.1 Å². The number of methoxy groups -OCH3 is 1. The van der Waals surface area contributed by atoms with Gasteiger partial charge in [-0.05, 0) is 18.9 Å². The van der Waals surface area contributed by atoms with Gasteiger partial charge in [-0.2, -0.15) is 0 Å². The third-order valence-corrected chi connectivity index (χ3v) is 2.80. The summed E-state index contributed by atoms with van der Waals surface area (Å²) in [5, 5.41) is 5.78. The van der Waals surface area contributed by atoms with Gasteiger partial charge in [0.2, 0.25) is 5.91 Å². The van der Waals surface area contributed by atoms with E-state index in [2.05, 4.69) is 10.6 Å². The van der Waals surface area contributed by atoms with Gasteiger partial charge in [-0.25, -0.2) is 4.39 Å². The molecule has 18 heavy (non-hydrogen) atoms. The topological polar surface area (TPSA) is 50.4 Å². The van der Waals surface area contributed by atoms with Crippen LogP contribution in [0.3, 0.4) is 0 Å². The fourth-order valence-corrected chi connectivity index (χ4v) is 1.62. The van der Waals surface area contributed by atoms with E-state index in [0.29, 0.717) is 23.9 Å². The van der Waals surface area contributed by atoms with Crippen molar-refractivity contribution in [3.05, 3.63) is 29.6 Å². The maximum absolute atomic E-state index is 13.6. The zero-order valence-corrected chi connectivity index (χ0v) is 10.3. The first-order valence-electron chi connectivity index (χ1n) is 6.01. The van der Waals surface area contributed by atoms with Crippen molar-refractivity contribution in [1.82, 2.24) is 10.6 Å². The second-order valence-corrected chi connectivity index (χ2v) is 4.40. The summed E-state index contributed by atoms with van der Waals surface area (Å²) in [4.78, 5) is 11.4. The van der Waals surface area contributed by atoms with Crippen LogP contribution in [0.25, 0.3) is 0 Å². The normalized spacial score (nSPS) is 14.3. The number of ether oxygens (including phenoxy) is 1. The lowest BCUT2D eigenvalue weighted by molar-refractivity contribution is -0.120. The number of carbonyl (C=O) groups is 1. The molecule has 0 unspecified atom stereocenters. The zero-order chi connectivity index (χ0) is 13.0. The Kier molecular flexibility index (Phi) is 4.15. The van der Waals surface area contributed by atoms with Gasteiger partial charge in [0.15, 0.2) is 0 Å². The van der Waals surface area contributed by atoms with E-state index >= 15 is 0 Å². The third-order valence-electron chi connectivity index (χ3n) is 2.80. The van der Waals surface area contributed by atoms with Gasteiger partial charge >= 0.3 is 0 Å². The molecule has 4 nitrogen and oxygen atoms in total. The van der Waals surface area contributed by atoms with Gasteiger partial charge < -0.3 is 15.4 Å². The van der Waals surface area contributed by atoms with Crippen molar-refractivity contribution in [3.8, 4) is 5.75 Å². The number of carbonyl (C=O) groups excluding carboxylic acids is 1. The van der Waals surface area contributed by atoms with Crippen molar-refractivity contribution >= 4 is 5.91 Å². The van der Waals surface area contributed by atoms with Gasteiger partial charge in [0.05, 0.1) is 13.7 Å². The van der Waals surface area contributed by atoms with Crippen LogP contribution in [-0.4, -0.2) is 25.6 Å². The fourth-order valence-electron chi connectivity index (χ4n) is 1.62. The van der Waals surface area contributed by atoms with Gasteiger partial charge in [0, 0.05) is 24.2 Å². The standard InChI is InChI=1S/C13H17FN2O2/c1-18-11-5-2-9(12(14)6-11)7-15-8-13(17)16-10-3-4-10/h2,5-6,10,15H,3-4,7-8H2,1H3,(H,16,17). The quantitative estimate of drug-likeness (QED) is 0.800. The van der Waals surface area contributed by atoms with Crippen molar-refractivity contribution in [2.45, 2.75) is 25.4 Å². The highest BCUT2D eigenvalue weighted by Gasteiger charge is 2.22. The Hall–Kier alpha value is -1.62. The molecular weight excluding hydrogens is 235 g/mol. The molecule has 0 aliphatic heterocycles. The average Bonchev–Trinajstić information content (AvgIpc) is 3.15. The molecule has 2 N–H and O–H groups in total. The van der Waals surface area contributed by atoms with Crippen LogP contribution in [0.5, 0.6) is 5.75 Å². The summed E-state index contributed by atoms with van der Waals surface area (Å²) in [6.45, 7) is 0.538. The molecule has 0 spiro atoms. The van der Waals surface area contributed by atoms with Gasteiger partial charge in [-0.3, -0.25) is 4.79 Å². The molecule has 1 aromatic rings. The number of hydrogen-bond donors (Lipinski definition) is 2. The molecule has 1 amide bonds. The lowest BCUT2D eigenvalue weighted by Gasteiger charge is -2.07. The summed E-state index contributed by atoms with van der Waals surface area (Å²) >= 11 is 0. The monoisotopic (exact) mass is 252 g/mol. The van der Waals surface area contributed by atoms with Gasteiger partial charge in [-0.15, -0.1) is 0 Å². The van der Waals surface area contributed by atoms with Crippen LogP contribution >= 0.6 is 0 Å². The van der Waals surface area contributed by atoms with Crippen LogP contribution in [0.2, 0.25) is 0 Å². The summed E-state index contributed by atoms with van der Waals surface area (Å²) in [6, 6.07) is 5.04. The van der Waals surface area contributed by atoms with E-state index in [1.165, 1.54) is 13.2 Å². The minimum atomic E-state index is -0.329. The molecule has 1 aliphatic carbocycles. The Morgan fingerprint density at radius 2 is 2.28 bits per heavy atom. The molecule has 5 heteroatoms. The highest BCUT2D eigenvalue weighted by atomic mass is 19.1. The van der Waals surface area contributed by atoms with E-state index in [4.69, 9.17) is 4.74 Å². The van der Waals surface area contributed by atoms with Crippen LogP contribution in [0, 0.1) is 5.82 Å². The molecule has 1 fully saturated rings. The molecule has 1 saturated carbocycles. The predicted molar refractivity (Wildman–Crippen MR) is 65.8 cm³/mol. The molecule has 1 aromatic carbocycles. The lowest BCUT2D eigenvalue weighted by atomic mass is 10.2. The van der Waals surface area contributed by atoms with Gasteiger partial charge in [0.1, 0.15) is 11.6 Å². The Morgan fingerprint density at radius 3 is 2.89 bits per heavy atom. The lowest BCUT2D eigenvalue weighted by Crippen LogP contribution is -2.34. The summed E-state index contributed by atoms with van der Waals surface area (Å²) in [5.41, 5.74) is 0.523. The van der Waals surface area contributed by atoms with Crippen LogP contribution in [0.15, 0.2) is 18.2 Å². The van der Waals surface area contributed by atoms with Crippen LogP contribution in [0.4, 0.5) is 4.39 Å². The van der Waals surface area contributed by atoms with Crippen molar-refractivity contribution in [1.29, 1.82) is 0 Å². The minimum Gasteiger partial charge on any atom is -0.497 e. The molecule has 2 rings (SSSR count). The first-order valence-corrected chi connectivity index (χ1v) is 6.01. The Labute approximate surface area is 106 Å². The molecule has 0 heterocycles. The molecule has 0 radical (unpaired) electrons. The van der Waals surface area contributed by atoms with Crippen molar-refractivity contribution in [2.75, 3.05) is 13.7 Å². The van der Waals surface area contributed by atoms with Crippen molar-refractivity contribution in [3.63, 3.8) is 0 Å². The van der Waals surface area contributed by atoms with E-state index < -0.39 is 0 Å². The van der Waals surface area contributed by atoms with Gasteiger partial charge in [-0.1, -0.05) is 6.07 Å². The summed E-state index contributed by atoms with van der Waals surface area (Å²) in [6.07, 6.45) is 2.14. The van der Waals surface area contributed by atoms with Crippen LogP contribution in [-0.2, 0) is 11.3 Å². The maximum atomic E-state index is 13.6. The Balaban J connectivity index is 1.76. The van der Waals surface area contributed by atoms with E-state index in [1.807, 2.05) is 0 Å². The highest BCUT2D eigenvalue weighted by Crippen LogP contribution is 2.18. The molecule has 0 aromatic heterocycles. The minimum absolute atomic E-state index is 0.0357. The second-order valence-electron chi connectivity index (χ2n) is 4.40. The number of hydrogen-bond acceptors (Lipinski definition) is 3. The SMILES string of the molecule is COc1ccc(CNCC(=O)NC2CC2)c(F)c1. The molecule has 0 bridgehead atoms. The predicted octanol–water partition coefficient (Wildman–Crippen LogP) is 1.20. The molecular formula is C13H17FN2O2. The number of nitrogens with one attached hydrogen (secondary N) is 2. The van der Waals surface area contributed by atoms with E-state index in [9.17, 15) is 9.18 Å². The van der Waals surface area contributed by atoms with Crippen molar-refractivity contribution in [2.24, 2.45) is 0 Å². The highest BCUT2D eigenvalue weighted by molar-refractivity contribution is 5.78. The smallest absolute Gasteiger partial charge is 0.234 e. The first kappa shape index (κ1) is 12.8. The molecule has 0 atom stereocenters. The zero-order valence-electron chi connectivity index (χ0n) is 10.3. The van der Waals surface area contributed by atoms with E-state index in [0.717, 1.165) is 12.8 Å². The average molecular weight is 252 g/mol. The third kappa shape index (κ3) is 3.70. The maximum Gasteiger partial charge on any atom is 0.234 e. The fraction of sp³-hybridized carbons (Fsp3) is 0.462. The Bertz CT molecular complexity index is 433.